The first-order valence-corrected chi connectivity index (χ1v) is 13.1. The van der Waals surface area contributed by atoms with Gasteiger partial charge in [-0.05, 0) is 47.1 Å². The number of methoxy groups -OCH3 is 1. The number of terminal acetylenes is 1. The molecule has 204 valence electrons. The van der Waals surface area contributed by atoms with E-state index in [9.17, 15) is 14.9 Å². The van der Waals surface area contributed by atoms with Crippen LogP contribution in [0.3, 0.4) is 0 Å². The lowest BCUT2D eigenvalue weighted by Crippen LogP contribution is -2.34. The normalized spacial score (nSPS) is 12.6. The molecule has 1 aromatic rings. The number of nitrogens with one attached hydrogen (secondary N) is 1. The van der Waals surface area contributed by atoms with E-state index in [4.69, 9.17) is 30.2 Å². The first-order chi connectivity index (χ1) is 17.6. The largest absolute Gasteiger partial charge is 0.493 e. The van der Waals surface area contributed by atoms with Crippen molar-refractivity contribution in [2.45, 2.75) is 72.1 Å². The fourth-order valence-corrected chi connectivity index (χ4v) is 5.15. The van der Waals surface area contributed by atoms with Gasteiger partial charge in [-0.15, -0.1) is 6.42 Å². The summed E-state index contributed by atoms with van der Waals surface area (Å²) in [5.74, 6) is 2.61. The first kappa shape index (κ1) is 32.1. The van der Waals surface area contributed by atoms with E-state index >= 15 is 0 Å². The van der Waals surface area contributed by atoms with Crippen molar-refractivity contribution in [3.8, 4) is 29.9 Å². The summed E-state index contributed by atoms with van der Waals surface area (Å²) in [4.78, 5) is 23.1. The molecule has 0 saturated heterocycles. The number of ether oxygens (including phenoxy) is 2. The monoisotopic (exact) mass is 536 g/mol. The number of carbonyl (C=O) groups is 1. The fraction of sp³-hybridized carbons (Fsp3) is 0.600. The zero-order valence-electron chi connectivity index (χ0n) is 22.4. The third-order valence-corrected chi connectivity index (χ3v) is 7.25. The van der Waals surface area contributed by atoms with Gasteiger partial charge in [-0.1, -0.05) is 5.92 Å². The molecule has 0 aliphatic carbocycles. The maximum Gasteiger partial charge on any atom is 0.279 e. The first-order valence-electron chi connectivity index (χ1n) is 12.0. The zero-order chi connectivity index (χ0) is 28.0. The third-order valence-electron chi connectivity index (χ3n) is 5.05. The van der Waals surface area contributed by atoms with Crippen molar-refractivity contribution < 1.29 is 28.2 Å². The molecule has 11 nitrogen and oxygen atoms in total. The van der Waals surface area contributed by atoms with E-state index < -0.39 is 19.6 Å². The Morgan fingerprint density at radius 3 is 2.43 bits per heavy atom. The average Bonchev–Trinajstić information content (AvgIpc) is 2.84. The van der Waals surface area contributed by atoms with Crippen LogP contribution in [0.5, 0.6) is 11.5 Å². The molecule has 12 heteroatoms. The molecular formula is C25H37N4O7P. The van der Waals surface area contributed by atoms with Gasteiger partial charge in [-0.25, -0.2) is 4.67 Å². The number of amides is 1. The van der Waals surface area contributed by atoms with E-state index in [0.29, 0.717) is 17.7 Å². The minimum Gasteiger partial charge on any atom is -0.493 e. The molecule has 1 aromatic carbocycles. The Hall–Kier alpha value is -2.95. The number of nitro benzene ring substituents is 1. The molecule has 1 N–H and O–H groups in total. The fourth-order valence-electron chi connectivity index (χ4n) is 3.46. The van der Waals surface area contributed by atoms with Crippen LogP contribution in [-0.4, -0.2) is 54.5 Å². The molecule has 2 unspecified atom stereocenters. The smallest absolute Gasteiger partial charge is 0.279 e. The maximum atomic E-state index is 12.0. The van der Waals surface area contributed by atoms with Crippen molar-refractivity contribution >= 4 is 20.1 Å². The van der Waals surface area contributed by atoms with Gasteiger partial charge in [-0.2, -0.15) is 5.26 Å². The number of carbonyl (C=O) groups excluding carboxylic acids is 1. The number of rotatable bonds is 17. The highest BCUT2D eigenvalue weighted by Gasteiger charge is 2.32. The van der Waals surface area contributed by atoms with Crippen molar-refractivity contribution in [1.82, 2.24) is 9.99 Å². The highest BCUT2D eigenvalue weighted by atomic mass is 31.2. The van der Waals surface area contributed by atoms with E-state index in [-0.39, 0.29) is 62.0 Å². The van der Waals surface area contributed by atoms with Gasteiger partial charge in [-0.3, -0.25) is 14.9 Å². The summed E-state index contributed by atoms with van der Waals surface area (Å²) in [5.41, 5.74) is 0.106. The molecule has 0 aliphatic heterocycles. The Morgan fingerprint density at radius 2 is 1.89 bits per heavy atom. The number of nitrogens with zero attached hydrogens (tertiary/aromatic N) is 3. The van der Waals surface area contributed by atoms with Gasteiger partial charge >= 0.3 is 0 Å². The summed E-state index contributed by atoms with van der Waals surface area (Å²) in [6.07, 6.45) is 5.18. The molecule has 37 heavy (non-hydrogen) atoms. The summed E-state index contributed by atoms with van der Waals surface area (Å²) in [5, 5.41) is 23.4. The predicted octanol–water partition coefficient (Wildman–Crippen LogP) is 4.87. The predicted molar refractivity (Wildman–Crippen MR) is 141 cm³/mol. The van der Waals surface area contributed by atoms with Crippen molar-refractivity contribution in [1.29, 1.82) is 5.26 Å². The Bertz CT molecular complexity index is 967. The lowest BCUT2D eigenvalue weighted by molar-refractivity contribution is -0.386. The molecule has 0 spiro atoms. The second-order valence-electron chi connectivity index (χ2n) is 8.55. The van der Waals surface area contributed by atoms with Gasteiger partial charge in [0.15, 0.2) is 11.5 Å². The summed E-state index contributed by atoms with van der Waals surface area (Å²) in [6, 6.07) is 5.03. The van der Waals surface area contributed by atoms with E-state index in [0.717, 1.165) is 0 Å². The maximum absolute atomic E-state index is 12.0. The SMILES string of the molecule is C#CCNC(=O)CCCOc1cc([N+](=O)[O-])c(C(C)OP(OCCC#N)N(C(C)C)C(C)C)cc1OC. The molecule has 1 rings (SSSR count). The van der Waals surface area contributed by atoms with Gasteiger partial charge < -0.3 is 23.8 Å². The van der Waals surface area contributed by atoms with Crippen molar-refractivity contribution in [3.63, 3.8) is 0 Å². The average molecular weight is 537 g/mol. The Kier molecular flexibility index (Phi) is 14.5. The number of benzene rings is 1. The second kappa shape index (κ2) is 16.7. The standard InChI is InChI=1S/C25H37N4O7P/c1-8-13-27-25(30)11-9-14-34-24-17-22(29(31)32)21(16-23(24)33-7)20(6)36-37(35-15-10-12-26)28(18(2)3)19(4)5/h1,16-20H,9-11,13-15H2,2-7H3,(H,27,30). The summed E-state index contributed by atoms with van der Waals surface area (Å²) in [7, 11) is -0.178. The van der Waals surface area contributed by atoms with Crippen LogP contribution in [0.25, 0.3) is 0 Å². The molecule has 0 heterocycles. The van der Waals surface area contributed by atoms with Crippen LogP contribution in [0, 0.1) is 33.8 Å². The zero-order valence-corrected chi connectivity index (χ0v) is 23.2. The lowest BCUT2D eigenvalue weighted by Gasteiger charge is -2.36. The Labute approximate surface area is 220 Å². The number of hydrogen-bond acceptors (Lipinski definition) is 9. The molecular weight excluding hydrogens is 499 g/mol. The molecule has 2 atom stereocenters. The van der Waals surface area contributed by atoms with Crippen molar-refractivity contribution in [2.24, 2.45) is 0 Å². The van der Waals surface area contributed by atoms with E-state index in [1.54, 1.807) is 6.92 Å². The number of hydrogen-bond donors (Lipinski definition) is 1. The van der Waals surface area contributed by atoms with E-state index in [2.05, 4.69) is 11.2 Å². The number of nitro groups is 1. The van der Waals surface area contributed by atoms with Crippen LogP contribution >= 0.6 is 8.53 Å². The molecule has 0 radical (unpaired) electrons. The van der Waals surface area contributed by atoms with Crippen LogP contribution < -0.4 is 14.8 Å². The van der Waals surface area contributed by atoms with Crippen LogP contribution in [-0.2, 0) is 13.8 Å². The molecule has 0 bridgehead atoms. The topological polar surface area (TPSA) is 136 Å². The highest BCUT2D eigenvalue weighted by molar-refractivity contribution is 7.44. The summed E-state index contributed by atoms with van der Waals surface area (Å²) < 4.78 is 25.4. The second-order valence-corrected chi connectivity index (χ2v) is 9.95. The molecule has 0 aromatic heterocycles. The lowest BCUT2D eigenvalue weighted by atomic mass is 10.1. The van der Waals surface area contributed by atoms with Gasteiger partial charge in [0.25, 0.3) is 14.2 Å². The molecule has 0 aliphatic rings. The summed E-state index contributed by atoms with van der Waals surface area (Å²) >= 11 is 0. The van der Waals surface area contributed by atoms with Crippen LogP contribution in [0.1, 0.15) is 65.5 Å². The van der Waals surface area contributed by atoms with Gasteiger partial charge in [0.1, 0.15) is 0 Å². The molecule has 0 saturated carbocycles. The minimum absolute atomic E-state index is 0.0781. The van der Waals surface area contributed by atoms with E-state index in [1.807, 2.05) is 38.4 Å². The molecule has 1 amide bonds. The van der Waals surface area contributed by atoms with Gasteiger partial charge in [0.2, 0.25) is 5.91 Å². The van der Waals surface area contributed by atoms with Gasteiger partial charge in [0, 0.05) is 18.5 Å². The highest BCUT2D eigenvalue weighted by Crippen LogP contribution is 2.51. The summed E-state index contributed by atoms with van der Waals surface area (Å²) in [6.45, 7) is 10.2. The minimum atomic E-state index is -1.62. The third kappa shape index (κ3) is 10.5. The number of nitriles is 1. The molecule has 0 fully saturated rings. The quantitative estimate of drug-likeness (QED) is 0.0972. The van der Waals surface area contributed by atoms with Crippen LogP contribution in [0.4, 0.5) is 5.69 Å². The van der Waals surface area contributed by atoms with Gasteiger partial charge in [0.05, 0.1) is 62.0 Å². The van der Waals surface area contributed by atoms with E-state index in [1.165, 1.54) is 19.2 Å². The van der Waals surface area contributed by atoms with Crippen molar-refractivity contribution in [3.05, 3.63) is 27.8 Å². The Balaban J connectivity index is 3.15. The Morgan fingerprint density at radius 1 is 1.22 bits per heavy atom. The van der Waals surface area contributed by atoms with Crippen LogP contribution in [0.2, 0.25) is 0 Å². The van der Waals surface area contributed by atoms with Crippen molar-refractivity contribution in [2.75, 3.05) is 26.9 Å². The van der Waals surface area contributed by atoms with Crippen LogP contribution in [0.15, 0.2) is 12.1 Å².